The highest BCUT2D eigenvalue weighted by atomic mass is 35.5. The quantitative estimate of drug-likeness (QED) is 0.533. The van der Waals surface area contributed by atoms with Crippen LogP contribution in [0.15, 0.2) is 41.3 Å². The molecule has 40 heavy (non-hydrogen) atoms. The first-order valence-corrected chi connectivity index (χ1v) is 14.8. The number of benzene rings is 2. The minimum Gasteiger partial charge on any atom is -0.444 e. The lowest BCUT2D eigenvalue weighted by Gasteiger charge is -2.32. The molecule has 0 aromatic heterocycles. The molecule has 2 amide bonds. The molecule has 2 aliphatic heterocycles. The molecule has 0 aliphatic carbocycles. The molecule has 2 aliphatic rings. The van der Waals surface area contributed by atoms with Gasteiger partial charge in [-0.2, -0.15) is 0 Å². The number of nitrogens with one attached hydrogen (secondary N) is 1. The number of ether oxygens (including phenoxy) is 1. The van der Waals surface area contributed by atoms with Crippen LogP contribution in [0.3, 0.4) is 0 Å². The van der Waals surface area contributed by atoms with Gasteiger partial charge in [-0.3, -0.25) is 4.79 Å². The van der Waals surface area contributed by atoms with Crippen molar-refractivity contribution in [2.45, 2.75) is 82.8 Å². The van der Waals surface area contributed by atoms with Gasteiger partial charge in [-0.1, -0.05) is 23.7 Å². The predicted octanol–water partition coefficient (Wildman–Crippen LogP) is 3.99. The number of halogens is 2. The second-order valence-electron chi connectivity index (χ2n) is 12.0. The number of rotatable bonds is 4. The van der Waals surface area contributed by atoms with Crippen LogP contribution >= 0.6 is 11.6 Å². The molecule has 0 bridgehead atoms. The van der Waals surface area contributed by atoms with Crippen LogP contribution in [0.2, 0.25) is 5.02 Å². The topological polar surface area (TPSA) is 111 Å². The molecule has 0 spiro atoms. The summed E-state index contributed by atoms with van der Waals surface area (Å²) < 4.78 is 59.9. The summed E-state index contributed by atoms with van der Waals surface area (Å²) in [5, 5.41) is 2.87. The van der Waals surface area contributed by atoms with Gasteiger partial charge in [0.15, 0.2) is 9.84 Å². The summed E-state index contributed by atoms with van der Waals surface area (Å²) in [6, 6.07) is 7.29. The number of fused-ring (bicyclic) bond motifs is 1. The van der Waals surface area contributed by atoms with Gasteiger partial charge < -0.3 is 24.3 Å². The first kappa shape index (κ1) is 30.3. The van der Waals surface area contributed by atoms with Crippen LogP contribution in [0.4, 0.5) is 14.9 Å². The van der Waals surface area contributed by atoms with E-state index in [4.69, 9.17) is 25.6 Å². The van der Waals surface area contributed by atoms with Crippen molar-refractivity contribution in [2.75, 3.05) is 10.7 Å². The van der Waals surface area contributed by atoms with Gasteiger partial charge in [-0.25, -0.2) is 17.6 Å². The monoisotopic (exact) mass is 594 g/mol. The average molecular weight is 595 g/mol. The Bertz CT molecular complexity index is 1430. The third kappa shape index (κ3) is 6.14. The van der Waals surface area contributed by atoms with Crippen molar-refractivity contribution >= 4 is 51.7 Å². The van der Waals surface area contributed by atoms with E-state index in [0.29, 0.717) is 10.6 Å². The zero-order chi connectivity index (χ0) is 29.8. The third-order valence-electron chi connectivity index (χ3n) is 7.11. The highest BCUT2D eigenvalue weighted by Gasteiger charge is 2.53. The number of hydrogen-bond donors (Lipinski definition) is 1. The lowest BCUT2D eigenvalue weighted by Crippen LogP contribution is -2.51. The number of sulfone groups is 1. The molecule has 2 aromatic rings. The predicted molar refractivity (Wildman–Crippen MR) is 150 cm³/mol. The fourth-order valence-electron chi connectivity index (χ4n) is 4.35. The van der Waals surface area contributed by atoms with Gasteiger partial charge in [0.25, 0.3) is 5.91 Å². The molecule has 1 fully saturated rings. The molecule has 2 heterocycles. The van der Waals surface area contributed by atoms with E-state index in [0.717, 1.165) is 6.07 Å². The molecule has 4 rings (SSSR count). The Labute approximate surface area is 239 Å². The van der Waals surface area contributed by atoms with E-state index in [2.05, 4.69) is 5.32 Å². The smallest absolute Gasteiger partial charge is 0.444 e. The summed E-state index contributed by atoms with van der Waals surface area (Å²) in [4.78, 5) is 27.3. The molecular formula is C27H33BClFN2O7S. The van der Waals surface area contributed by atoms with Crippen LogP contribution in [0.1, 0.15) is 54.0 Å². The zero-order valence-corrected chi connectivity index (χ0v) is 25.1. The molecule has 216 valence electrons. The van der Waals surface area contributed by atoms with Crippen molar-refractivity contribution in [1.29, 1.82) is 0 Å². The molecule has 9 nitrogen and oxygen atoms in total. The summed E-state index contributed by atoms with van der Waals surface area (Å²) in [5.41, 5.74) is -1.95. The van der Waals surface area contributed by atoms with E-state index in [1.807, 2.05) is 27.7 Å². The number of carbonyl (C=O) groups excluding carboxylic acids is 2. The van der Waals surface area contributed by atoms with Gasteiger partial charge >= 0.3 is 13.2 Å². The standard InChI is InChI=1S/C27H33BClFN2O7S/c1-25(2,3)37-24(34)31-20-15-40(35,36)22-13-19(30)18(28-38-26(4,5)27(6,7)39-28)12-21(22)32(23(20)33)14-16-8-10-17(29)11-9-16/h8-13,20H,14-15H2,1-7H3,(H,31,34)/t20-/m0/s1. The van der Waals surface area contributed by atoms with Crippen LogP contribution < -0.4 is 15.7 Å². The maximum atomic E-state index is 15.6. The largest absolute Gasteiger partial charge is 0.497 e. The molecule has 1 saturated heterocycles. The lowest BCUT2D eigenvalue weighted by molar-refractivity contribution is -0.120. The fourth-order valence-corrected chi connectivity index (χ4v) is 6.09. The van der Waals surface area contributed by atoms with Crippen LogP contribution in [0, 0.1) is 5.82 Å². The van der Waals surface area contributed by atoms with E-state index in [-0.39, 0.29) is 22.6 Å². The highest BCUT2D eigenvalue weighted by Crippen LogP contribution is 2.38. The summed E-state index contributed by atoms with van der Waals surface area (Å²) in [5.74, 6) is -2.36. The molecule has 2 aromatic carbocycles. The van der Waals surface area contributed by atoms with Crippen molar-refractivity contribution in [2.24, 2.45) is 0 Å². The van der Waals surface area contributed by atoms with Crippen LogP contribution in [0.25, 0.3) is 0 Å². The number of alkyl carbamates (subject to hydrolysis) is 1. The summed E-state index contributed by atoms with van der Waals surface area (Å²) in [6.07, 6.45) is -0.956. The first-order valence-electron chi connectivity index (χ1n) is 12.8. The van der Waals surface area contributed by atoms with E-state index >= 15 is 4.39 Å². The fraction of sp³-hybridized carbons (Fsp3) is 0.481. The third-order valence-corrected chi connectivity index (χ3v) is 9.13. The molecule has 0 saturated carbocycles. The Morgan fingerprint density at radius 2 is 1.73 bits per heavy atom. The van der Waals surface area contributed by atoms with Gasteiger partial charge in [0.05, 0.1) is 34.1 Å². The van der Waals surface area contributed by atoms with E-state index in [1.165, 1.54) is 11.0 Å². The van der Waals surface area contributed by atoms with Gasteiger partial charge in [-0.15, -0.1) is 0 Å². The van der Waals surface area contributed by atoms with E-state index in [1.54, 1.807) is 45.0 Å². The number of amides is 2. The van der Waals surface area contributed by atoms with Crippen LogP contribution in [-0.2, 0) is 35.2 Å². The molecule has 0 radical (unpaired) electrons. The Morgan fingerprint density at radius 1 is 1.15 bits per heavy atom. The number of hydrogen-bond acceptors (Lipinski definition) is 7. The van der Waals surface area contributed by atoms with Crippen molar-refractivity contribution < 1.29 is 36.4 Å². The normalized spacial score (nSPS) is 21.5. The van der Waals surface area contributed by atoms with E-state index < -0.39 is 63.4 Å². The van der Waals surface area contributed by atoms with Crippen LogP contribution in [0.5, 0.6) is 0 Å². The molecule has 0 unspecified atom stereocenters. The lowest BCUT2D eigenvalue weighted by atomic mass is 9.78. The van der Waals surface area contributed by atoms with E-state index in [9.17, 15) is 18.0 Å². The minimum absolute atomic E-state index is 0.0555. The Morgan fingerprint density at radius 3 is 2.27 bits per heavy atom. The first-order chi connectivity index (χ1) is 18.3. The van der Waals surface area contributed by atoms with Crippen molar-refractivity contribution in [3.05, 3.63) is 52.8 Å². The number of nitrogens with zero attached hydrogens (tertiary/aromatic N) is 1. The average Bonchev–Trinajstić information content (AvgIpc) is 2.99. The molecule has 1 N–H and O–H groups in total. The van der Waals surface area contributed by atoms with Crippen molar-refractivity contribution in [3.63, 3.8) is 0 Å². The van der Waals surface area contributed by atoms with Gasteiger partial charge in [0.1, 0.15) is 17.5 Å². The minimum atomic E-state index is -4.27. The van der Waals surface area contributed by atoms with Crippen LogP contribution in [-0.4, -0.2) is 56.1 Å². The molecule has 13 heteroatoms. The SMILES string of the molecule is CC(C)(C)OC(=O)N[C@H]1CS(=O)(=O)c2cc(F)c(B3OC(C)(C)C(C)(C)O3)cc2N(Cc2ccc(Cl)cc2)C1=O. The Balaban J connectivity index is 1.83. The van der Waals surface area contributed by atoms with Gasteiger partial charge in [0.2, 0.25) is 0 Å². The molecule has 1 atom stereocenters. The van der Waals surface area contributed by atoms with Crippen molar-refractivity contribution in [3.8, 4) is 0 Å². The summed E-state index contributed by atoms with van der Waals surface area (Å²) >= 11 is 6.03. The van der Waals surface area contributed by atoms with Gasteiger partial charge in [-0.05, 0) is 78.3 Å². The Hall–Kier alpha value is -2.67. The Kier molecular flexibility index (Phi) is 7.81. The van der Waals surface area contributed by atoms with Crippen molar-refractivity contribution in [1.82, 2.24) is 5.32 Å². The van der Waals surface area contributed by atoms with Gasteiger partial charge in [0, 0.05) is 10.5 Å². The summed E-state index contributed by atoms with van der Waals surface area (Å²) in [6.45, 7) is 12.1. The summed E-state index contributed by atoms with van der Waals surface area (Å²) in [7, 11) is -5.41. The zero-order valence-electron chi connectivity index (χ0n) is 23.5. The highest BCUT2D eigenvalue weighted by molar-refractivity contribution is 7.91. The number of anilines is 1. The molecular weight excluding hydrogens is 562 g/mol. The maximum absolute atomic E-state index is 15.6. The number of carbonyl (C=O) groups is 2. The second-order valence-corrected chi connectivity index (χ2v) is 14.4. The second kappa shape index (κ2) is 10.3. The maximum Gasteiger partial charge on any atom is 0.497 e.